The van der Waals surface area contributed by atoms with E-state index in [0.717, 1.165) is 31.7 Å². The van der Waals surface area contributed by atoms with Crippen LogP contribution in [0.1, 0.15) is 23.6 Å². The average molecular weight is 398 g/mol. The highest BCUT2D eigenvalue weighted by atomic mass is 19.1. The van der Waals surface area contributed by atoms with Crippen LogP contribution < -0.4 is 0 Å². The predicted molar refractivity (Wildman–Crippen MR) is 107 cm³/mol. The number of amides is 1. The van der Waals surface area contributed by atoms with Crippen molar-refractivity contribution in [2.45, 2.75) is 12.5 Å². The normalized spacial score (nSPS) is 20.7. The molecule has 1 saturated heterocycles. The number of benzene rings is 2. The van der Waals surface area contributed by atoms with E-state index in [-0.39, 0.29) is 24.1 Å². The van der Waals surface area contributed by atoms with Gasteiger partial charge in [0.2, 0.25) is 0 Å². The molecule has 5 nitrogen and oxygen atoms in total. The van der Waals surface area contributed by atoms with Crippen molar-refractivity contribution in [2.24, 2.45) is 5.10 Å². The first kappa shape index (κ1) is 19.7. The Balaban J connectivity index is 1.59. The van der Waals surface area contributed by atoms with E-state index in [4.69, 9.17) is 0 Å². The largest absolute Gasteiger partial charge is 0.304 e. The second-order valence-electron chi connectivity index (χ2n) is 7.61. The summed E-state index contributed by atoms with van der Waals surface area (Å²) in [6, 6.07) is 12.0. The number of carbonyl (C=O) groups excluding carboxylic acids is 1. The fourth-order valence-corrected chi connectivity index (χ4v) is 3.81. The molecule has 0 radical (unpaired) electrons. The minimum Gasteiger partial charge on any atom is -0.304 e. The van der Waals surface area contributed by atoms with E-state index in [9.17, 15) is 13.6 Å². The molecule has 152 valence electrons. The lowest BCUT2D eigenvalue weighted by molar-refractivity contribution is -0.134. The average Bonchev–Trinajstić information content (AvgIpc) is 3.16. The molecule has 1 unspecified atom stereocenters. The number of hydrazone groups is 1. The van der Waals surface area contributed by atoms with E-state index in [1.54, 1.807) is 30.3 Å². The van der Waals surface area contributed by atoms with Crippen LogP contribution in [0.3, 0.4) is 0 Å². The third kappa shape index (κ3) is 4.36. The van der Waals surface area contributed by atoms with Gasteiger partial charge in [0.1, 0.15) is 11.6 Å². The Hall–Kier alpha value is -2.64. The van der Waals surface area contributed by atoms with Crippen molar-refractivity contribution in [2.75, 3.05) is 39.8 Å². The van der Waals surface area contributed by atoms with Gasteiger partial charge in [0.25, 0.3) is 5.91 Å². The maximum atomic E-state index is 14.5. The maximum Gasteiger partial charge on any atom is 0.257 e. The van der Waals surface area contributed by atoms with Crippen LogP contribution in [0.5, 0.6) is 0 Å². The van der Waals surface area contributed by atoms with Gasteiger partial charge in [-0.15, -0.1) is 0 Å². The van der Waals surface area contributed by atoms with E-state index in [0.29, 0.717) is 17.7 Å². The SMILES string of the molecule is CN1CCN(CC(=O)N2N=C(c3ccc(F)cc3)CC2c2ccccc2F)CC1. The van der Waals surface area contributed by atoms with Crippen LogP contribution in [-0.4, -0.2) is 66.2 Å². The number of likely N-dealkylation sites (N-methyl/N-ethyl adjacent to an activating group) is 1. The zero-order chi connectivity index (χ0) is 20.4. The molecule has 29 heavy (non-hydrogen) atoms. The predicted octanol–water partition coefficient (Wildman–Crippen LogP) is 2.89. The molecule has 0 aromatic heterocycles. The topological polar surface area (TPSA) is 39.1 Å². The minimum atomic E-state index is -0.504. The Bertz CT molecular complexity index is 907. The van der Waals surface area contributed by atoms with Gasteiger partial charge in [0.05, 0.1) is 18.3 Å². The summed E-state index contributed by atoms with van der Waals surface area (Å²) in [5, 5.41) is 5.95. The van der Waals surface area contributed by atoms with Gasteiger partial charge in [-0.3, -0.25) is 9.69 Å². The van der Waals surface area contributed by atoms with Crippen molar-refractivity contribution in [3.63, 3.8) is 0 Å². The molecule has 7 heteroatoms. The molecule has 1 fully saturated rings. The summed E-state index contributed by atoms with van der Waals surface area (Å²) < 4.78 is 27.8. The maximum absolute atomic E-state index is 14.5. The molecule has 0 saturated carbocycles. The number of halogens is 2. The molecule has 1 amide bonds. The summed E-state index contributed by atoms with van der Waals surface area (Å²) in [7, 11) is 2.06. The van der Waals surface area contributed by atoms with Crippen LogP contribution in [0.15, 0.2) is 53.6 Å². The highest BCUT2D eigenvalue weighted by Gasteiger charge is 2.35. The highest BCUT2D eigenvalue weighted by Crippen LogP contribution is 2.34. The zero-order valence-electron chi connectivity index (χ0n) is 16.4. The Morgan fingerprint density at radius 1 is 1.03 bits per heavy atom. The Kier molecular flexibility index (Phi) is 5.69. The van der Waals surface area contributed by atoms with E-state index in [1.165, 1.54) is 23.2 Å². The first-order valence-electron chi connectivity index (χ1n) is 9.82. The molecular formula is C22H24F2N4O. The van der Waals surface area contributed by atoms with E-state index in [1.807, 2.05) is 0 Å². The van der Waals surface area contributed by atoms with Gasteiger partial charge in [0, 0.05) is 38.2 Å². The smallest absolute Gasteiger partial charge is 0.257 e. The Labute approximate surface area is 169 Å². The molecule has 2 aliphatic heterocycles. The number of rotatable bonds is 4. The van der Waals surface area contributed by atoms with Gasteiger partial charge in [-0.25, -0.2) is 13.8 Å². The van der Waals surface area contributed by atoms with Gasteiger partial charge in [-0.1, -0.05) is 30.3 Å². The standard InChI is InChI=1S/C22H24F2N4O/c1-26-10-12-27(13-11-26)15-22(29)28-21(18-4-2-3-5-19(18)24)14-20(25-28)16-6-8-17(23)9-7-16/h2-9,21H,10-15H2,1H3. The molecule has 0 aliphatic carbocycles. The summed E-state index contributed by atoms with van der Waals surface area (Å²) in [6.07, 6.45) is 0.390. The molecule has 0 N–H and O–H groups in total. The second-order valence-corrected chi connectivity index (χ2v) is 7.61. The quantitative estimate of drug-likeness (QED) is 0.795. The molecule has 4 rings (SSSR count). The third-order valence-corrected chi connectivity index (χ3v) is 5.56. The number of hydrogen-bond acceptors (Lipinski definition) is 4. The number of carbonyl (C=O) groups is 1. The molecule has 2 aromatic carbocycles. The molecule has 2 aliphatic rings. The summed E-state index contributed by atoms with van der Waals surface area (Å²) in [6.45, 7) is 3.70. The van der Waals surface area contributed by atoms with Crippen molar-refractivity contribution in [1.82, 2.24) is 14.8 Å². The Morgan fingerprint density at radius 2 is 1.72 bits per heavy atom. The fraction of sp³-hybridized carbons (Fsp3) is 0.364. The van der Waals surface area contributed by atoms with Crippen LogP contribution in [0, 0.1) is 11.6 Å². The van der Waals surface area contributed by atoms with Gasteiger partial charge < -0.3 is 4.90 Å². The lowest BCUT2D eigenvalue weighted by Crippen LogP contribution is -2.48. The number of nitrogens with zero attached hydrogens (tertiary/aromatic N) is 4. The first-order valence-corrected chi connectivity index (χ1v) is 9.82. The van der Waals surface area contributed by atoms with Crippen LogP contribution in [0.2, 0.25) is 0 Å². The van der Waals surface area contributed by atoms with Crippen molar-refractivity contribution < 1.29 is 13.6 Å². The molecule has 1 atom stereocenters. The molecular weight excluding hydrogens is 374 g/mol. The zero-order valence-corrected chi connectivity index (χ0v) is 16.4. The summed E-state index contributed by atoms with van der Waals surface area (Å²) in [5.74, 6) is -0.841. The summed E-state index contributed by atoms with van der Waals surface area (Å²) in [4.78, 5) is 17.4. The van der Waals surface area contributed by atoms with Crippen molar-refractivity contribution >= 4 is 11.6 Å². The van der Waals surface area contributed by atoms with Gasteiger partial charge in [0.15, 0.2) is 0 Å². The summed E-state index contributed by atoms with van der Waals surface area (Å²) >= 11 is 0. The lowest BCUT2D eigenvalue weighted by atomic mass is 9.98. The number of hydrogen-bond donors (Lipinski definition) is 0. The second kappa shape index (κ2) is 8.39. The minimum absolute atomic E-state index is 0.153. The van der Waals surface area contributed by atoms with Gasteiger partial charge in [-0.2, -0.15) is 5.10 Å². The Morgan fingerprint density at radius 3 is 2.41 bits per heavy atom. The monoisotopic (exact) mass is 398 g/mol. The van der Waals surface area contributed by atoms with Crippen LogP contribution in [-0.2, 0) is 4.79 Å². The fourth-order valence-electron chi connectivity index (χ4n) is 3.81. The van der Waals surface area contributed by atoms with Gasteiger partial charge in [-0.05, 0) is 30.8 Å². The van der Waals surface area contributed by atoms with Crippen molar-refractivity contribution in [3.8, 4) is 0 Å². The van der Waals surface area contributed by atoms with E-state index < -0.39 is 6.04 Å². The van der Waals surface area contributed by atoms with E-state index >= 15 is 0 Å². The van der Waals surface area contributed by atoms with Crippen LogP contribution in [0.4, 0.5) is 8.78 Å². The van der Waals surface area contributed by atoms with E-state index in [2.05, 4.69) is 21.9 Å². The molecule has 2 heterocycles. The molecule has 2 aromatic rings. The molecule has 0 spiro atoms. The van der Waals surface area contributed by atoms with Crippen molar-refractivity contribution in [3.05, 3.63) is 71.3 Å². The summed E-state index contributed by atoms with van der Waals surface area (Å²) in [5.41, 5.74) is 1.84. The van der Waals surface area contributed by atoms with Crippen molar-refractivity contribution in [1.29, 1.82) is 0 Å². The highest BCUT2D eigenvalue weighted by molar-refractivity contribution is 6.03. The van der Waals surface area contributed by atoms with Gasteiger partial charge >= 0.3 is 0 Å². The van der Waals surface area contributed by atoms with Crippen LogP contribution in [0.25, 0.3) is 0 Å². The number of piperazine rings is 1. The third-order valence-electron chi connectivity index (χ3n) is 5.56. The first-order chi connectivity index (χ1) is 14.0. The lowest BCUT2D eigenvalue weighted by Gasteiger charge is -2.33. The van der Waals surface area contributed by atoms with Crippen LogP contribution >= 0.6 is 0 Å². The molecule has 0 bridgehead atoms.